The Morgan fingerprint density at radius 3 is 2.74 bits per heavy atom. The van der Waals surface area contributed by atoms with Gasteiger partial charge in [-0.25, -0.2) is 4.68 Å². The molecular weight excluding hydrogens is 298 g/mol. The van der Waals surface area contributed by atoms with Gasteiger partial charge in [-0.15, -0.1) is 5.10 Å². The maximum Gasteiger partial charge on any atom is 0.271 e. The second-order valence-corrected chi connectivity index (χ2v) is 4.81. The van der Waals surface area contributed by atoms with Crippen LogP contribution in [0.15, 0.2) is 42.5 Å². The van der Waals surface area contributed by atoms with Gasteiger partial charge in [-0.05, 0) is 37.3 Å². The van der Waals surface area contributed by atoms with Gasteiger partial charge in [0.15, 0.2) is 0 Å². The van der Waals surface area contributed by atoms with Crippen molar-refractivity contribution in [1.82, 2.24) is 15.0 Å². The summed E-state index contributed by atoms with van der Waals surface area (Å²) in [5, 5.41) is 22.0. The molecule has 0 unspecified atom stereocenters. The van der Waals surface area contributed by atoms with E-state index in [0.29, 0.717) is 18.8 Å². The van der Waals surface area contributed by atoms with Crippen LogP contribution < -0.4 is 10.1 Å². The Hall–Kier alpha value is -3.16. The molecule has 0 amide bonds. The number of nitrogens with one attached hydrogen (secondary N) is 1. The predicted octanol–water partition coefficient (Wildman–Crippen LogP) is 2.81. The summed E-state index contributed by atoms with van der Waals surface area (Å²) >= 11 is 0. The zero-order valence-corrected chi connectivity index (χ0v) is 12.5. The number of nitro benzene ring substituents is 1. The van der Waals surface area contributed by atoms with Gasteiger partial charge in [0.1, 0.15) is 17.9 Å². The molecule has 0 fully saturated rings. The Morgan fingerprint density at radius 1 is 1.26 bits per heavy atom. The first-order chi connectivity index (χ1) is 11.2. The molecule has 1 heterocycles. The molecule has 0 bridgehead atoms. The van der Waals surface area contributed by atoms with Crippen LogP contribution in [0.4, 0.5) is 11.4 Å². The van der Waals surface area contributed by atoms with E-state index in [4.69, 9.17) is 4.74 Å². The zero-order chi connectivity index (χ0) is 16.2. The number of nitrogens with zero attached hydrogens (tertiary/aromatic N) is 4. The first-order valence-corrected chi connectivity index (χ1v) is 7.12. The minimum Gasteiger partial charge on any atom is -0.494 e. The molecule has 0 atom stereocenters. The van der Waals surface area contributed by atoms with Gasteiger partial charge < -0.3 is 10.1 Å². The van der Waals surface area contributed by atoms with Crippen LogP contribution in [0.5, 0.6) is 5.75 Å². The smallest absolute Gasteiger partial charge is 0.271 e. The maximum absolute atomic E-state index is 10.8. The summed E-state index contributed by atoms with van der Waals surface area (Å²) in [6.07, 6.45) is 0. The molecule has 1 N–H and O–H groups in total. The lowest BCUT2D eigenvalue weighted by molar-refractivity contribution is -0.384. The molecule has 0 saturated carbocycles. The fraction of sp³-hybridized carbons (Fsp3) is 0.200. The number of benzene rings is 2. The number of fused-ring (bicyclic) bond motifs is 1. The lowest BCUT2D eigenvalue weighted by Crippen LogP contribution is -2.09. The number of aromatic nitrogens is 3. The fourth-order valence-electron chi connectivity index (χ4n) is 2.19. The van der Waals surface area contributed by atoms with Crippen molar-refractivity contribution in [3.8, 4) is 5.75 Å². The monoisotopic (exact) mass is 313 g/mol. The summed E-state index contributed by atoms with van der Waals surface area (Å²) in [6, 6.07) is 12.1. The second-order valence-electron chi connectivity index (χ2n) is 4.81. The molecule has 8 nitrogen and oxygen atoms in total. The Morgan fingerprint density at radius 2 is 2.04 bits per heavy atom. The Balaban J connectivity index is 1.73. The summed E-state index contributed by atoms with van der Waals surface area (Å²) < 4.78 is 7.04. The lowest BCUT2D eigenvalue weighted by Gasteiger charge is -2.08. The topological polar surface area (TPSA) is 95.1 Å². The van der Waals surface area contributed by atoms with Gasteiger partial charge in [-0.1, -0.05) is 5.21 Å². The van der Waals surface area contributed by atoms with Gasteiger partial charge in [0.05, 0.1) is 17.0 Å². The largest absolute Gasteiger partial charge is 0.494 e. The highest BCUT2D eigenvalue weighted by Crippen LogP contribution is 2.19. The van der Waals surface area contributed by atoms with Crippen LogP contribution >= 0.6 is 0 Å². The van der Waals surface area contributed by atoms with Crippen LogP contribution in [0, 0.1) is 10.1 Å². The summed E-state index contributed by atoms with van der Waals surface area (Å²) in [7, 11) is 0. The number of hydrogen-bond donors (Lipinski definition) is 1. The number of ether oxygens (including phenoxy) is 1. The minimum atomic E-state index is -0.448. The third-order valence-corrected chi connectivity index (χ3v) is 3.31. The summed E-state index contributed by atoms with van der Waals surface area (Å²) in [5.41, 5.74) is 2.14. The SMILES string of the molecule is CCOc1ccc(NCn2nnc3cc([N+](=O)[O-])ccc32)cc1. The molecule has 0 saturated heterocycles. The highest BCUT2D eigenvalue weighted by Gasteiger charge is 2.10. The molecule has 1 aromatic heterocycles. The first-order valence-electron chi connectivity index (χ1n) is 7.12. The highest BCUT2D eigenvalue weighted by molar-refractivity contribution is 5.77. The van der Waals surface area contributed by atoms with Crippen molar-refractivity contribution in [2.24, 2.45) is 0 Å². The van der Waals surface area contributed by atoms with E-state index in [-0.39, 0.29) is 5.69 Å². The van der Waals surface area contributed by atoms with Crippen molar-refractivity contribution in [3.05, 3.63) is 52.6 Å². The van der Waals surface area contributed by atoms with E-state index < -0.39 is 4.92 Å². The van der Waals surface area contributed by atoms with Crippen LogP contribution in [0.2, 0.25) is 0 Å². The molecule has 8 heteroatoms. The fourth-order valence-corrected chi connectivity index (χ4v) is 2.19. The Labute approximate surface area is 131 Å². The van der Waals surface area contributed by atoms with Crippen LogP contribution in [-0.2, 0) is 6.67 Å². The lowest BCUT2D eigenvalue weighted by atomic mass is 10.3. The Kier molecular flexibility index (Phi) is 4.05. The van der Waals surface area contributed by atoms with E-state index in [1.54, 1.807) is 10.7 Å². The van der Waals surface area contributed by atoms with E-state index in [1.165, 1.54) is 12.1 Å². The van der Waals surface area contributed by atoms with Crippen LogP contribution in [0.25, 0.3) is 11.0 Å². The zero-order valence-electron chi connectivity index (χ0n) is 12.5. The third kappa shape index (κ3) is 3.20. The normalized spacial score (nSPS) is 10.7. The van der Waals surface area contributed by atoms with Crippen molar-refractivity contribution in [3.63, 3.8) is 0 Å². The van der Waals surface area contributed by atoms with E-state index in [1.807, 2.05) is 31.2 Å². The van der Waals surface area contributed by atoms with Gasteiger partial charge in [0.25, 0.3) is 5.69 Å². The average molecular weight is 313 g/mol. The molecule has 0 aliphatic rings. The number of anilines is 1. The molecule has 118 valence electrons. The molecule has 0 aliphatic carbocycles. The number of non-ortho nitro benzene ring substituents is 1. The van der Waals surface area contributed by atoms with E-state index in [9.17, 15) is 10.1 Å². The first kappa shape index (κ1) is 14.8. The average Bonchev–Trinajstić information content (AvgIpc) is 2.97. The molecule has 2 aromatic carbocycles. The molecule has 0 radical (unpaired) electrons. The summed E-state index contributed by atoms with van der Waals surface area (Å²) in [4.78, 5) is 10.3. The molecule has 0 aliphatic heterocycles. The van der Waals surface area contributed by atoms with Crippen molar-refractivity contribution in [1.29, 1.82) is 0 Å². The number of rotatable bonds is 6. The molecule has 0 spiro atoms. The van der Waals surface area contributed by atoms with Crippen LogP contribution in [0.3, 0.4) is 0 Å². The number of nitro groups is 1. The van der Waals surface area contributed by atoms with Crippen LogP contribution in [-0.4, -0.2) is 26.5 Å². The minimum absolute atomic E-state index is 0.00372. The third-order valence-electron chi connectivity index (χ3n) is 3.31. The molecule has 3 aromatic rings. The van der Waals surface area contributed by atoms with Crippen molar-refractivity contribution in [2.45, 2.75) is 13.6 Å². The predicted molar refractivity (Wildman–Crippen MR) is 85.4 cm³/mol. The maximum atomic E-state index is 10.8. The van der Waals surface area contributed by atoms with E-state index >= 15 is 0 Å². The van der Waals surface area contributed by atoms with Gasteiger partial charge in [-0.3, -0.25) is 10.1 Å². The molecule has 3 rings (SSSR count). The van der Waals surface area contributed by atoms with Crippen LogP contribution in [0.1, 0.15) is 6.92 Å². The highest BCUT2D eigenvalue weighted by atomic mass is 16.6. The standard InChI is InChI=1S/C15H15N5O3/c1-2-23-13-6-3-11(4-7-13)16-10-19-15-8-5-12(20(21)22)9-14(15)17-18-19/h3-9,16H,2,10H2,1H3. The van der Waals surface area contributed by atoms with E-state index in [2.05, 4.69) is 15.6 Å². The van der Waals surface area contributed by atoms with Crippen molar-refractivity contribution in [2.75, 3.05) is 11.9 Å². The number of hydrogen-bond acceptors (Lipinski definition) is 6. The second kappa shape index (κ2) is 6.30. The van der Waals surface area contributed by atoms with E-state index in [0.717, 1.165) is 17.0 Å². The van der Waals surface area contributed by atoms with Gasteiger partial charge >= 0.3 is 0 Å². The van der Waals surface area contributed by atoms with Gasteiger partial charge in [0.2, 0.25) is 0 Å². The van der Waals surface area contributed by atoms with Crippen molar-refractivity contribution < 1.29 is 9.66 Å². The van der Waals surface area contributed by atoms with Crippen molar-refractivity contribution >= 4 is 22.4 Å². The summed E-state index contributed by atoms with van der Waals surface area (Å²) in [5.74, 6) is 0.816. The molecule has 23 heavy (non-hydrogen) atoms. The Bertz CT molecular complexity index is 829. The van der Waals surface area contributed by atoms with Gasteiger partial charge in [0, 0.05) is 17.8 Å². The quantitative estimate of drug-likeness (QED) is 0.555. The molecular formula is C15H15N5O3. The van der Waals surface area contributed by atoms with Gasteiger partial charge in [-0.2, -0.15) is 0 Å². The summed E-state index contributed by atoms with van der Waals surface area (Å²) in [6.45, 7) is 2.97.